The third-order valence-electron chi connectivity index (χ3n) is 2.17. The van der Waals surface area contributed by atoms with Crippen LogP contribution in [0, 0.1) is 6.57 Å². The third kappa shape index (κ3) is 3.33. The molecule has 0 amide bonds. The van der Waals surface area contributed by atoms with Crippen molar-refractivity contribution < 1.29 is 10.2 Å². The van der Waals surface area contributed by atoms with Crippen molar-refractivity contribution >= 4 is 5.69 Å². The Bertz CT molecular complexity index is 343. The number of aliphatic hydroxyl groups excluding tert-OH is 2. The largest absolute Gasteiger partial charge is 0.395 e. The van der Waals surface area contributed by atoms with Crippen molar-refractivity contribution in [1.29, 1.82) is 0 Å². The summed E-state index contributed by atoms with van der Waals surface area (Å²) < 4.78 is 0. The van der Waals surface area contributed by atoms with E-state index in [-0.39, 0.29) is 6.61 Å². The average Bonchev–Trinajstić information content (AvgIpc) is 2.29. The van der Waals surface area contributed by atoms with E-state index in [1.54, 1.807) is 24.3 Å². The summed E-state index contributed by atoms with van der Waals surface area (Å²) in [6.45, 7) is 6.63. The molecule has 1 aromatic rings. The number of nitrogens with zero attached hydrogens (tertiary/aromatic N) is 1. The summed E-state index contributed by atoms with van der Waals surface area (Å²) in [7, 11) is 0. The molecular weight excluding hydrogens is 192 g/mol. The first kappa shape index (κ1) is 11.7. The van der Waals surface area contributed by atoms with Gasteiger partial charge in [0.1, 0.15) is 0 Å². The number of hydrogen-bond donors (Lipinski definition) is 3. The van der Waals surface area contributed by atoms with Crippen LogP contribution >= 0.6 is 0 Å². The van der Waals surface area contributed by atoms with Gasteiger partial charge in [0.2, 0.25) is 0 Å². The van der Waals surface area contributed by atoms with Crippen LogP contribution in [0.3, 0.4) is 0 Å². The topological polar surface area (TPSA) is 70.8 Å². The molecule has 1 rings (SSSR count). The fourth-order valence-corrected chi connectivity index (χ4v) is 1.27. The van der Waals surface area contributed by atoms with Crippen molar-refractivity contribution in [3.05, 3.63) is 41.2 Å². The van der Waals surface area contributed by atoms with Gasteiger partial charge in [0.05, 0.1) is 19.3 Å². The van der Waals surface area contributed by atoms with Crippen molar-refractivity contribution in [3.8, 4) is 0 Å². The number of rotatable bonds is 4. The van der Waals surface area contributed by atoms with E-state index in [1.807, 2.05) is 0 Å². The first-order chi connectivity index (χ1) is 7.17. The first-order valence-corrected chi connectivity index (χ1v) is 4.69. The lowest BCUT2D eigenvalue weighted by Gasteiger charge is -2.14. The molecule has 4 heteroatoms. The van der Waals surface area contributed by atoms with Crippen LogP contribution in [0.2, 0.25) is 0 Å². The van der Waals surface area contributed by atoms with E-state index in [4.69, 9.17) is 17.4 Å². The minimum Gasteiger partial charge on any atom is -0.395 e. The SMILES string of the molecule is [C-]#[N+]c1ccc([C@@H](O)C[C@H](N)CO)cc1. The maximum Gasteiger partial charge on any atom is 0.187 e. The summed E-state index contributed by atoms with van der Waals surface area (Å²) in [5.41, 5.74) is 6.76. The van der Waals surface area contributed by atoms with E-state index in [1.165, 1.54) is 0 Å². The summed E-state index contributed by atoms with van der Waals surface area (Å²) in [4.78, 5) is 3.25. The quantitative estimate of drug-likeness (QED) is 0.643. The number of nitrogens with two attached hydrogens (primary N) is 1. The van der Waals surface area contributed by atoms with E-state index < -0.39 is 12.1 Å². The molecule has 0 bridgehead atoms. The molecule has 2 atom stereocenters. The van der Waals surface area contributed by atoms with Crippen LogP contribution in [0.25, 0.3) is 4.85 Å². The van der Waals surface area contributed by atoms with E-state index in [2.05, 4.69) is 4.85 Å². The lowest BCUT2D eigenvalue weighted by molar-refractivity contribution is 0.140. The Hall–Kier alpha value is -1.41. The molecule has 4 nitrogen and oxygen atoms in total. The van der Waals surface area contributed by atoms with E-state index in [0.29, 0.717) is 17.7 Å². The molecule has 0 fully saturated rings. The monoisotopic (exact) mass is 206 g/mol. The zero-order chi connectivity index (χ0) is 11.3. The molecule has 0 saturated carbocycles. The Balaban J connectivity index is 2.66. The van der Waals surface area contributed by atoms with Gasteiger partial charge < -0.3 is 15.9 Å². The lowest BCUT2D eigenvalue weighted by Crippen LogP contribution is -2.26. The van der Waals surface area contributed by atoms with Gasteiger partial charge in [0, 0.05) is 6.04 Å². The minimum atomic E-state index is -0.688. The maximum atomic E-state index is 9.72. The Kier molecular flexibility index (Phi) is 4.25. The normalized spacial score (nSPS) is 14.3. The Morgan fingerprint density at radius 1 is 1.33 bits per heavy atom. The number of hydrogen-bond acceptors (Lipinski definition) is 3. The Morgan fingerprint density at radius 2 is 1.93 bits per heavy atom. The molecule has 0 radical (unpaired) electrons. The van der Waals surface area contributed by atoms with Gasteiger partial charge in [0.25, 0.3) is 0 Å². The Labute approximate surface area is 88.8 Å². The molecule has 80 valence electrons. The highest BCUT2D eigenvalue weighted by atomic mass is 16.3. The third-order valence-corrected chi connectivity index (χ3v) is 2.17. The van der Waals surface area contributed by atoms with Gasteiger partial charge in [0.15, 0.2) is 5.69 Å². The molecule has 0 heterocycles. The van der Waals surface area contributed by atoms with Crippen LogP contribution in [0.15, 0.2) is 24.3 Å². The van der Waals surface area contributed by atoms with E-state index in [9.17, 15) is 5.11 Å². The predicted octanol–water partition coefficient (Wildman–Crippen LogP) is 0.980. The summed E-state index contributed by atoms with van der Waals surface area (Å²) in [6, 6.07) is 6.27. The zero-order valence-electron chi connectivity index (χ0n) is 8.30. The highest BCUT2D eigenvalue weighted by Gasteiger charge is 2.11. The van der Waals surface area contributed by atoms with E-state index in [0.717, 1.165) is 0 Å². The molecule has 0 aliphatic carbocycles. The molecule has 4 N–H and O–H groups in total. The van der Waals surface area contributed by atoms with Gasteiger partial charge in [-0.25, -0.2) is 4.85 Å². The second-order valence-electron chi connectivity index (χ2n) is 3.40. The Morgan fingerprint density at radius 3 is 2.40 bits per heavy atom. The summed E-state index contributed by atoms with van der Waals surface area (Å²) >= 11 is 0. The highest BCUT2D eigenvalue weighted by Crippen LogP contribution is 2.20. The average molecular weight is 206 g/mol. The summed E-state index contributed by atoms with van der Waals surface area (Å²) in [5, 5.41) is 18.5. The van der Waals surface area contributed by atoms with E-state index >= 15 is 0 Å². The van der Waals surface area contributed by atoms with Crippen LogP contribution in [0.5, 0.6) is 0 Å². The van der Waals surface area contributed by atoms with Crippen molar-refractivity contribution in [2.24, 2.45) is 5.73 Å². The van der Waals surface area contributed by atoms with Crippen LogP contribution in [-0.4, -0.2) is 22.9 Å². The van der Waals surface area contributed by atoms with Gasteiger partial charge in [-0.15, -0.1) is 0 Å². The first-order valence-electron chi connectivity index (χ1n) is 4.69. The van der Waals surface area contributed by atoms with Crippen molar-refractivity contribution in [3.63, 3.8) is 0 Å². The van der Waals surface area contributed by atoms with Crippen LogP contribution in [0.4, 0.5) is 5.69 Å². The molecule has 15 heavy (non-hydrogen) atoms. The van der Waals surface area contributed by atoms with Gasteiger partial charge in [-0.3, -0.25) is 0 Å². The summed E-state index contributed by atoms with van der Waals surface area (Å²) in [5.74, 6) is 0. The predicted molar refractivity (Wildman–Crippen MR) is 57.3 cm³/mol. The molecule has 0 spiro atoms. The van der Waals surface area contributed by atoms with Gasteiger partial charge in [-0.2, -0.15) is 0 Å². The molecular formula is C11H14N2O2. The van der Waals surface area contributed by atoms with Crippen LogP contribution in [0.1, 0.15) is 18.1 Å². The number of aliphatic hydroxyl groups is 2. The van der Waals surface area contributed by atoms with Gasteiger partial charge in [-0.05, 0) is 12.0 Å². The van der Waals surface area contributed by atoms with Gasteiger partial charge >= 0.3 is 0 Å². The fourth-order valence-electron chi connectivity index (χ4n) is 1.27. The molecule has 0 aliphatic rings. The van der Waals surface area contributed by atoms with Crippen LogP contribution < -0.4 is 5.73 Å². The molecule has 0 aromatic heterocycles. The highest BCUT2D eigenvalue weighted by molar-refractivity contribution is 5.45. The standard InChI is InChI=1S/C11H14N2O2/c1-13-10-4-2-8(3-5-10)11(15)6-9(12)7-14/h2-5,9,11,14-15H,6-7,12H2/t9-,11-/m0/s1. The molecule has 0 aliphatic heterocycles. The fraction of sp³-hybridized carbons (Fsp3) is 0.364. The second-order valence-corrected chi connectivity index (χ2v) is 3.40. The minimum absolute atomic E-state index is 0.142. The second kappa shape index (κ2) is 5.47. The summed E-state index contributed by atoms with van der Waals surface area (Å²) in [6.07, 6.45) is -0.375. The zero-order valence-corrected chi connectivity index (χ0v) is 8.30. The maximum absolute atomic E-state index is 9.72. The smallest absolute Gasteiger partial charge is 0.187 e. The number of benzene rings is 1. The van der Waals surface area contributed by atoms with Crippen molar-refractivity contribution in [2.75, 3.05) is 6.61 Å². The molecule has 0 unspecified atom stereocenters. The van der Waals surface area contributed by atoms with Crippen molar-refractivity contribution in [2.45, 2.75) is 18.6 Å². The lowest BCUT2D eigenvalue weighted by atomic mass is 10.0. The molecule has 1 aromatic carbocycles. The van der Waals surface area contributed by atoms with Crippen LogP contribution in [-0.2, 0) is 0 Å². The van der Waals surface area contributed by atoms with Crippen molar-refractivity contribution in [1.82, 2.24) is 0 Å². The molecule has 0 saturated heterocycles. The van der Waals surface area contributed by atoms with Gasteiger partial charge in [-0.1, -0.05) is 24.3 Å².